The number of anilines is 2. The molecule has 0 aliphatic carbocycles. The molecule has 1 aliphatic heterocycles. The van der Waals surface area contributed by atoms with Crippen LogP contribution in [0.1, 0.15) is 22.3 Å². The molecule has 3 aromatic rings. The van der Waals surface area contributed by atoms with Gasteiger partial charge in [-0.25, -0.2) is 4.98 Å². The molecule has 0 radical (unpaired) electrons. The van der Waals surface area contributed by atoms with Crippen LogP contribution in [0.15, 0.2) is 66.9 Å². The molecular weight excluding hydrogens is 432 g/mol. The second-order valence-corrected chi connectivity index (χ2v) is 9.14. The van der Waals surface area contributed by atoms with Crippen molar-refractivity contribution in [1.82, 2.24) is 10.3 Å². The fourth-order valence-electron chi connectivity index (χ4n) is 3.81. The number of carbonyl (C=O) groups is 2. The van der Waals surface area contributed by atoms with Gasteiger partial charge in [0.25, 0.3) is 0 Å². The molecule has 1 aliphatic rings. The summed E-state index contributed by atoms with van der Waals surface area (Å²) in [6.07, 6.45) is 2.84. The number of fused-ring (bicyclic) bond motifs is 1. The number of hydrogen-bond acceptors (Lipinski definition) is 5. The van der Waals surface area contributed by atoms with E-state index in [0.717, 1.165) is 42.1 Å². The minimum Gasteiger partial charge on any atom is -0.352 e. The Balaban J connectivity index is 1.17. The van der Waals surface area contributed by atoms with Crippen molar-refractivity contribution in [3.05, 3.63) is 89.1 Å². The lowest BCUT2D eigenvalue weighted by atomic mass is 10.00. The van der Waals surface area contributed by atoms with Gasteiger partial charge in [0.1, 0.15) is 5.82 Å². The van der Waals surface area contributed by atoms with Crippen LogP contribution in [0.2, 0.25) is 0 Å². The molecule has 7 heteroatoms. The van der Waals surface area contributed by atoms with Crippen molar-refractivity contribution in [2.24, 2.45) is 0 Å². The van der Waals surface area contributed by atoms with Crippen molar-refractivity contribution >= 4 is 35.1 Å². The lowest BCUT2D eigenvalue weighted by Crippen LogP contribution is -2.31. The number of hydrogen-bond donors (Lipinski definition) is 2. The van der Waals surface area contributed by atoms with E-state index in [1.807, 2.05) is 49.5 Å². The van der Waals surface area contributed by atoms with Crippen LogP contribution in [0.3, 0.4) is 0 Å². The van der Waals surface area contributed by atoms with Gasteiger partial charge in [0.05, 0.1) is 11.5 Å². The third-order valence-corrected chi connectivity index (χ3v) is 6.45. The van der Waals surface area contributed by atoms with E-state index in [1.54, 1.807) is 0 Å². The first-order chi connectivity index (χ1) is 16.1. The molecule has 2 amide bonds. The Morgan fingerprint density at radius 2 is 1.82 bits per heavy atom. The van der Waals surface area contributed by atoms with Gasteiger partial charge in [0, 0.05) is 31.5 Å². The molecule has 0 saturated heterocycles. The number of pyridine rings is 1. The molecular formula is C26H28N4O2S. The van der Waals surface area contributed by atoms with E-state index >= 15 is 0 Å². The number of aromatic nitrogens is 1. The third kappa shape index (κ3) is 6.58. The summed E-state index contributed by atoms with van der Waals surface area (Å²) in [5, 5.41) is 5.75. The highest BCUT2D eigenvalue weighted by atomic mass is 32.2. The first-order valence-corrected chi connectivity index (χ1v) is 12.2. The monoisotopic (exact) mass is 460 g/mol. The molecule has 2 N–H and O–H groups in total. The van der Waals surface area contributed by atoms with E-state index in [2.05, 4.69) is 44.8 Å². The number of benzene rings is 2. The second-order valence-electron chi connectivity index (χ2n) is 8.15. The summed E-state index contributed by atoms with van der Waals surface area (Å²) >= 11 is 1.30. The largest absolute Gasteiger partial charge is 0.352 e. The zero-order valence-corrected chi connectivity index (χ0v) is 19.5. The topological polar surface area (TPSA) is 74.3 Å². The number of rotatable bonds is 8. The molecule has 0 spiro atoms. The summed E-state index contributed by atoms with van der Waals surface area (Å²) in [6, 6.07) is 20.2. The lowest BCUT2D eigenvalue weighted by Gasteiger charge is -2.29. The maximum atomic E-state index is 12.1. The highest BCUT2D eigenvalue weighted by molar-refractivity contribution is 8.00. The zero-order chi connectivity index (χ0) is 23.0. The second kappa shape index (κ2) is 11.0. The normalized spacial score (nSPS) is 12.7. The fraction of sp³-hybridized carbons (Fsp3) is 0.269. The standard InChI is InChI=1S/C26H28N4O2S/c1-19-5-4-8-23(13-19)29-26(32)18-33-17-25(31)28-15-20-9-10-24(27-14-20)30-12-11-21-6-2-3-7-22(21)16-30/h2-10,13-14H,11-12,15-18H2,1H3,(H,28,31)(H,29,32). The summed E-state index contributed by atoms with van der Waals surface area (Å²) < 4.78 is 0. The maximum Gasteiger partial charge on any atom is 0.234 e. The van der Waals surface area contributed by atoms with Crippen molar-refractivity contribution in [2.45, 2.75) is 26.4 Å². The Morgan fingerprint density at radius 1 is 1.00 bits per heavy atom. The zero-order valence-electron chi connectivity index (χ0n) is 18.7. The predicted octanol–water partition coefficient (Wildman–Crippen LogP) is 3.94. The van der Waals surface area contributed by atoms with E-state index in [4.69, 9.17) is 0 Å². The average molecular weight is 461 g/mol. The van der Waals surface area contributed by atoms with Gasteiger partial charge in [-0.05, 0) is 53.8 Å². The molecule has 33 heavy (non-hydrogen) atoms. The van der Waals surface area contributed by atoms with Crippen LogP contribution in [0.5, 0.6) is 0 Å². The van der Waals surface area contributed by atoms with Gasteiger partial charge in [-0.2, -0.15) is 0 Å². The highest BCUT2D eigenvalue weighted by Gasteiger charge is 2.16. The van der Waals surface area contributed by atoms with E-state index in [-0.39, 0.29) is 23.3 Å². The van der Waals surface area contributed by atoms with E-state index < -0.39 is 0 Å². The van der Waals surface area contributed by atoms with Gasteiger partial charge < -0.3 is 15.5 Å². The lowest BCUT2D eigenvalue weighted by molar-refractivity contribution is -0.118. The number of aryl methyl sites for hydroxylation is 1. The summed E-state index contributed by atoms with van der Waals surface area (Å²) in [6.45, 7) is 4.22. The van der Waals surface area contributed by atoms with Crippen molar-refractivity contribution in [1.29, 1.82) is 0 Å². The first-order valence-electron chi connectivity index (χ1n) is 11.0. The molecule has 170 valence electrons. The average Bonchev–Trinajstić information content (AvgIpc) is 2.83. The van der Waals surface area contributed by atoms with Gasteiger partial charge in [0.15, 0.2) is 0 Å². The van der Waals surface area contributed by atoms with Gasteiger partial charge in [0.2, 0.25) is 11.8 Å². The minimum absolute atomic E-state index is 0.0972. The van der Waals surface area contributed by atoms with Crippen LogP contribution < -0.4 is 15.5 Å². The van der Waals surface area contributed by atoms with Crippen molar-refractivity contribution in [3.63, 3.8) is 0 Å². The van der Waals surface area contributed by atoms with Gasteiger partial charge in [-0.1, -0.05) is 42.5 Å². The Labute approximate surface area is 198 Å². The molecule has 0 fully saturated rings. The summed E-state index contributed by atoms with van der Waals surface area (Å²) in [5.41, 5.74) is 5.58. The minimum atomic E-state index is -0.112. The van der Waals surface area contributed by atoms with Crippen LogP contribution >= 0.6 is 11.8 Å². The van der Waals surface area contributed by atoms with Crippen LogP contribution in [0, 0.1) is 6.92 Å². The van der Waals surface area contributed by atoms with E-state index in [1.165, 1.54) is 22.9 Å². The Bertz CT molecular complexity index is 1120. The molecule has 2 aromatic carbocycles. The van der Waals surface area contributed by atoms with Gasteiger partial charge >= 0.3 is 0 Å². The third-order valence-electron chi connectivity index (χ3n) is 5.52. The van der Waals surface area contributed by atoms with E-state index in [9.17, 15) is 9.59 Å². The van der Waals surface area contributed by atoms with Crippen LogP contribution in [-0.4, -0.2) is 34.8 Å². The SMILES string of the molecule is Cc1cccc(NC(=O)CSCC(=O)NCc2ccc(N3CCc4ccccc4C3)nc2)c1. The summed E-state index contributed by atoms with van der Waals surface area (Å²) in [4.78, 5) is 31.1. The molecule has 0 bridgehead atoms. The molecule has 0 atom stereocenters. The van der Waals surface area contributed by atoms with Crippen LogP contribution in [0.25, 0.3) is 0 Å². The van der Waals surface area contributed by atoms with E-state index in [0.29, 0.717) is 6.54 Å². The highest BCUT2D eigenvalue weighted by Crippen LogP contribution is 2.23. The van der Waals surface area contributed by atoms with Crippen molar-refractivity contribution in [3.8, 4) is 0 Å². The van der Waals surface area contributed by atoms with Gasteiger partial charge in [-0.3, -0.25) is 9.59 Å². The number of thioether (sulfide) groups is 1. The molecule has 0 saturated carbocycles. The van der Waals surface area contributed by atoms with Gasteiger partial charge in [-0.15, -0.1) is 11.8 Å². The van der Waals surface area contributed by atoms with Crippen LogP contribution in [-0.2, 0) is 29.1 Å². The number of nitrogens with zero attached hydrogens (tertiary/aromatic N) is 2. The maximum absolute atomic E-state index is 12.1. The Kier molecular flexibility index (Phi) is 7.62. The molecule has 1 aromatic heterocycles. The summed E-state index contributed by atoms with van der Waals surface area (Å²) in [5.74, 6) is 1.21. The number of carbonyl (C=O) groups excluding carboxylic acids is 2. The first kappa shape index (κ1) is 22.9. The molecule has 6 nitrogen and oxygen atoms in total. The van der Waals surface area contributed by atoms with Crippen molar-refractivity contribution < 1.29 is 9.59 Å². The predicted molar refractivity (Wildman–Crippen MR) is 134 cm³/mol. The summed E-state index contributed by atoms with van der Waals surface area (Å²) in [7, 11) is 0. The quantitative estimate of drug-likeness (QED) is 0.533. The molecule has 0 unspecified atom stereocenters. The Morgan fingerprint density at radius 3 is 2.61 bits per heavy atom. The smallest absolute Gasteiger partial charge is 0.234 e. The Hall–Kier alpha value is -3.32. The van der Waals surface area contributed by atoms with Crippen LogP contribution in [0.4, 0.5) is 11.5 Å². The van der Waals surface area contributed by atoms with Crippen molar-refractivity contribution in [2.75, 3.05) is 28.3 Å². The fourth-order valence-corrected chi connectivity index (χ4v) is 4.45. The number of amides is 2. The molecule has 2 heterocycles. The molecule has 4 rings (SSSR count). The number of nitrogens with one attached hydrogen (secondary N) is 2.